The van der Waals surface area contributed by atoms with E-state index in [0.717, 1.165) is 10.0 Å². The third-order valence-corrected chi connectivity index (χ3v) is 5.22. The third-order valence-electron chi connectivity index (χ3n) is 3.10. The number of nitrogens with zero attached hydrogens (tertiary/aromatic N) is 1. The number of carboxylic acids is 1. The van der Waals surface area contributed by atoms with Gasteiger partial charge in [-0.15, -0.1) is 0 Å². The van der Waals surface area contributed by atoms with Gasteiger partial charge in [0.1, 0.15) is 6.04 Å². The Hall–Kier alpha value is -0.920. The van der Waals surface area contributed by atoms with E-state index < -0.39 is 21.8 Å². The van der Waals surface area contributed by atoms with Crippen molar-refractivity contribution in [3.05, 3.63) is 34.3 Å². The van der Waals surface area contributed by atoms with Gasteiger partial charge in [0.15, 0.2) is 9.84 Å². The van der Waals surface area contributed by atoms with Crippen molar-refractivity contribution in [1.82, 2.24) is 4.90 Å². The zero-order chi connectivity index (χ0) is 14.0. The lowest BCUT2D eigenvalue weighted by Gasteiger charge is -2.32. The molecule has 104 valence electrons. The van der Waals surface area contributed by atoms with Crippen LogP contribution in [0.3, 0.4) is 0 Å². The number of sulfone groups is 1. The fourth-order valence-corrected chi connectivity index (χ4v) is 4.09. The van der Waals surface area contributed by atoms with Crippen LogP contribution in [0, 0.1) is 0 Å². The van der Waals surface area contributed by atoms with E-state index in [1.807, 2.05) is 24.3 Å². The summed E-state index contributed by atoms with van der Waals surface area (Å²) in [6.07, 6.45) is 0. The van der Waals surface area contributed by atoms with Crippen LogP contribution in [-0.4, -0.2) is 48.5 Å². The molecular weight excluding hydrogens is 334 g/mol. The molecule has 2 rings (SSSR count). The first-order valence-corrected chi connectivity index (χ1v) is 8.40. The fraction of sp³-hybridized carbons (Fsp3) is 0.417. The number of carboxylic acid groups (broad SMARTS) is 1. The van der Waals surface area contributed by atoms with Crippen molar-refractivity contribution in [3.63, 3.8) is 0 Å². The first kappa shape index (κ1) is 14.5. The van der Waals surface area contributed by atoms with Crippen molar-refractivity contribution < 1.29 is 18.3 Å². The van der Waals surface area contributed by atoms with Crippen LogP contribution in [-0.2, 0) is 21.2 Å². The van der Waals surface area contributed by atoms with Gasteiger partial charge in [-0.1, -0.05) is 28.1 Å². The van der Waals surface area contributed by atoms with Gasteiger partial charge in [-0.05, 0) is 17.7 Å². The average molecular weight is 348 g/mol. The van der Waals surface area contributed by atoms with Gasteiger partial charge in [0.25, 0.3) is 0 Å². The minimum Gasteiger partial charge on any atom is -0.480 e. The second kappa shape index (κ2) is 5.60. The predicted molar refractivity (Wildman–Crippen MR) is 74.6 cm³/mol. The molecule has 1 saturated heterocycles. The topological polar surface area (TPSA) is 74.7 Å². The number of benzene rings is 1. The number of rotatable bonds is 3. The quantitative estimate of drug-likeness (QED) is 0.887. The van der Waals surface area contributed by atoms with E-state index in [-0.39, 0.29) is 18.1 Å². The number of halogens is 1. The maximum atomic E-state index is 11.5. The van der Waals surface area contributed by atoms with Crippen LogP contribution in [0.25, 0.3) is 0 Å². The highest BCUT2D eigenvalue weighted by Crippen LogP contribution is 2.18. The van der Waals surface area contributed by atoms with Gasteiger partial charge in [0, 0.05) is 17.6 Å². The van der Waals surface area contributed by atoms with Crippen LogP contribution >= 0.6 is 15.9 Å². The first-order chi connectivity index (χ1) is 8.87. The summed E-state index contributed by atoms with van der Waals surface area (Å²) in [4.78, 5) is 12.9. The molecule has 1 aromatic rings. The highest BCUT2D eigenvalue weighted by atomic mass is 79.9. The molecule has 1 unspecified atom stereocenters. The molecule has 0 amide bonds. The SMILES string of the molecule is O=C(O)C1CS(=O)(=O)CCN1Cc1cccc(Br)c1. The lowest BCUT2D eigenvalue weighted by atomic mass is 10.2. The number of aliphatic carboxylic acids is 1. The molecule has 5 nitrogen and oxygen atoms in total. The largest absolute Gasteiger partial charge is 0.480 e. The zero-order valence-electron chi connectivity index (χ0n) is 10.1. The predicted octanol–water partition coefficient (Wildman–Crippen LogP) is 1.13. The highest BCUT2D eigenvalue weighted by molar-refractivity contribution is 9.10. The Balaban J connectivity index is 2.17. The highest BCUT2D eigenvalue weighted by Gasteiger charge is 2.35. The zero-order valence-corrected chi connectivity index (χ0v) is 12.5. The summed E-state index contributed by atoms with van der Waals surface area (Å²) in [6.45, 7) is 0.692. The van der Waals surface area contributed by atoms with Crippen LogP contribution in [0.2, 0.25) is 0 Å². The number of carbonyl (C=O) groups is 1. The molecule has 0 radical (unpaired) electrons. The van der Waals surface area contributed by atoms with Crippen molar-refractivity contribution in [2.75, 3.05) is 18.1 Å². The van der Waals surface area contributed by atoms with E-state index in [1.165, 1.54) is 0 Å². The Kier molecular flexibility index (Phi) is 4.27. The Bertz CT molecular complexity index is 587. The smallest absolute Gasteiger partial charge is 0.321 e. The Morgan fingerprint density at radius 1 is 1.47 bits per heavy atom. The molecule has 0 aliphatic carbocycles. The molecule has 1 N–H and O–H groups in total. The van der Waals surface area contributed by atoms with Gasteiger partial charge in [-0.3, -0.25) is 9.69 Å². The molecule has 1 atom stereocenters. The minimum absolute atomic E-state index is 0.0186. The van der Waals surface area contributed by atoms with Gasteiger partial charge in [0.2, 0.25) is 0 Å². The first-order valence-electron chi connectivity index (χ1n) is 5.79. The van der Waals surface area contributed by atoms with Crippen LogP contribution in [0.1, 0.15) is 5.56 Å². The Morgan fingerprint density at radius 3 is 2.84 bits per heavy atom. The van der Waals surface area contributed by atoms with Gasteiger partial charge in [0.05, 0.1) is 11.5 Å². The van der Waals surface area contributed by atoms with Crippen molar-refractivity contribution >= 4 is 31.7 Å². The van der Waals surface area contributed by atoms with E-state index in [1.54, 1.807) is 4.90 Å². The van der Waals surface area contributed by atoms with E-state index >= 15 is 0 Å². The normalized spacial score (nSPS) is 23.1. The van der Waals surface area contributed by atoms with Crippen LogP contribution < -0.4 is 0 Å². The summed E-state index contributed by atoms with van der Waals surface area (Å²) in [6, 6.07) is 6.60. The second-order valence-electron chi connectivity index (χ2n) is 4.57. The molecule has 19 heavy (non-hydrogen) atoms. The summed E-state index contributed by atoms with van der Waals surface area (Å²) >= 11 is 3.36. The number of hydrogen-bond donors (Lipinski definition) is 1. The fourth-order valence-electron chi connectivity index (χ4n) is 2.13. The monoisotopic (exact) mass is 347 g/mol. The minimum atomic E-state index is -3.24. The molecule has 0 spiro atoms. The van der Waals surface area contributed by atoms with Crippen LogP contribution in [0.5, 0.6) is 0 Å². The van der Waals surface area contributed by atoms with Crippen molar-refractivity contribution in [1.29, 1.82) is 0 Å². The Labute approximate surface area is 120 Å². The van der Waals surface area contributed by atoms with Gasteiger partial charge in [-0.25, -0.2) is 8.42 Å². The molecule has 1 aliphatic rings. The third kappa shape index (κ3) is 3.77. The Morgan fingerprint density at radius 2 is 2.21 bits per heavy atom. The summed E-state index contributed by atoms with van der Waals surface area (Å²) in [5, 5.41) is 9.16. The maximum absolute atomic E-state index is 11.5. The lowest BCUT2D eigenvalue weighted by molar-refractivity contribution is -0.142. The summed E-state index contributed by atoms with van der Waals surface area (Å²) in [5.74, 6) is -1.38. The van der Waals surface area contributed by atoms with Crippen molar-refractivity contribution in [3.8, 4) is 0 Å². The molecule has 1 heterocycles. The molecule has 1 aromatic carbocycles. The second-order valence-corrected chi connectivity index (χ2v) is 7.71. The van der Waals surface area contributed by atoms with Crippen LogP contribution in [0.4, 0.5) is 0 Å². The van der Waals surface area contributed by atoms with Crippen LogP contribution in [0.15, 0.2) is 28.7 Å². The molecule has 1 fully saturated rings. The van der Waals surface area contributed by atoms with E-state index in [0.29, 0.717) is 6.54 Å². The van der Waals surface area contributed by atoms with E-state index in [4.69, 9.17) is 5.11 Å². The summed E-state index contributed by atoms with van der Waals surface area (Å²) < 4.78 is 24.0. The molecular formula is C12H14BrNO4S. The van der Waals surface area contributed by atoms with Gasteiger partial charge < -0.3 is 5.11 Å². The van der Waals surface area contributed by atoms with Gasteiger partial charge in [-0.2, -0.15) is 0 Å². The molecule has 0 aromatic heterocycles. The van der Waals surface area contributed by atoms with Crippen molar-refractivity contribution in [2.45, 2.75) is 12.6 Å². The van der Waals surface area contributed by atoms with Gasteiger partial charge >= 0.3 is 5.97 Å². The average Bonchev–Trinajstić information content (AvgIpc) is 2.31. The lowest BCUT2D eigenvalue weighted by Crippen LogP contribution is -2.51. The summed E-state index contributed by atoms with van der Waals surface area (Å²) in [5.41, 5.74) is 0.958. The molecule has 0 bridgehead atoms. The van der Waals surface area contributed by atoms with Crippen molar-refractivity contribution in [2.24, 2.45) is 0 Å². The van der Waals surface area contributed by atoms with E-state index in [2.05, 4.69) is 15.9 Å². The maximum Gasteiger partial charge on any atom is 0.321 e. The number of hydrogen-bond acceptors (Lipinski definition) is 4. The molecule has 0 saturated carbocycles. The molecule has 1 aliphatic heterocycles. The standard InChI is InChI=1S/C12H14BrNO4S/c13-10-3-1-2-9(6-10)7-14-4-5-19(17,18)8-11(14)12(15)16/h1-3,6,11H,4-5,7-8H2,(H,15,16). The molecule has 7 heteroatoms. The summed E-state index contributed by atoms with van der Waals surface area (Å²) in [7, 11) is -3.24. The van der Waals surface area contributed by atoms with E-state index in [9.17, 15) is 13.2 Å².